The number of carbonyl (C=O) groups excluding carboxylic acids is 1. The van der Waals surface area contributed by atoms with Crippen LogP contribution in [-0.2, 0) is 7.05 Å². The quantitative estimate of drug-likeness (QED) is 0.718. The van der Waals surface area contributed by atoms with Crippen LogP contribution in [0.15, 0.2) is 48.5 Å². The van der Waals surface area contributed by atoms with Gasteiger partial charge >= 0.3 is 0 Å². The van der Waals surface area contributed by atoms with Crippen molar-refractivity contribution in [2.24, 2.45) is 13.0 Å². The van der Waals surface area contributed by atoms with Gasteiger partial charge < -0.3 is 5.32 Å². The molecule has 2 aromatic carbocycles. The molecule has 0 aliphatic heterocycles. The van der Waals surface area contributed by atoms with Crippen molar-refractivity contribution < 1.29 is 4.79 Å². The molecule has 1 heterocycles. The van der Waals surface area contributed by atoms with E-state index in [9.17, 15) is 4.79 Å². The number of nitrogens with one attached hydrogen (secondary N) is 1. The molecule has 0 fully saturated rings. The molecule has 28 heavy (non-hydrogen) atoms. The summed E-state index contributed by atoms with van der Waals surface area (Å²) in [6.45, 7) is 2.45. The monoisotopic (exact) mass is 391 g/mol. The van der Waals surface area contributed by atoms with Gasteiger partial charge in [0.05, 0.1) is 11.3 Å². The lowest BCUT2D eigenvalue weighted by Crippen LogP contribution is -2.39. The topological polar surface area (TPSA) is 46.9 Å². The number of aromatic nitrogens is 2. The summed E-state index contributed by atoms with van der Waals surface area (Å²) in [7, 11) is 1.75. The molecule has 0 radical (unpaired) electrons. The summed E-state index contributed by atoms with van der Waals surface area (Å²) in [6.07, 6.45) is 1.05. The van der Waals surface area contributed by atoms with Crippen molar-refractivity contribution in [3.05, 3.63) is 87.2 Å². The Morgan fingerprint density at radius 1 is 1.11 bits per heavy atom. The number of aryl methyl sites for hydroxylation is 2. The second-order valence-electron chi connectivity index (χ2n) is 7.87. The first-order chi connectivity index (χ1) is 13.6. The fourth-order valence-corrected chi connectivity index (χ4v) is 5.42. The summed E-state index contributed by atoms with van der Waals surface area (Å²) in [5, 5.41) is 7.77. The van der Waals surface area contributed by atoms with E-state index >= 15 is 0 Å². The second-order valence-corrected chi connectivity index (χ2v) is 8.23. The summed E-state index contributed by atoms with van der Waals surface area (Å²) in [4.78, 5) is 12.8. The van der Waals surface area contributed by atoms with Gasteiger partial charge in [0, 0.05) is 25.4 Å². The van der Waals surface area contributed by atoms with Crippen LogP contribution in [0.1, 0.15) is 56.6 Å². The predicted octanol–water partition coefficient (Wildman–Crippen LogP) is 4.41. The Hall–Kier alpha value is -2.59. The van der Waals surface area contributed by atoms with Crippen LogP contribution < -0.4 is 5.32 Å². The van der Waals surface area contributed by atoms with E-state index in [4.69, 9.17) is 11.6 Å². The van der Waals surface area contributed by atoms with Crippen molar-refractivity contribution in [1.29, 1.82) is 0 Å². The molecular weight excluding hydrogens is 370 g/mol. The van der Waals surface area contributed by atoms with E-state index in [1.807, 2.05) is 6.92 Å². The number of rotatable bonds is 3. The molecule has 4 nitrogen and oxygen atoms in total. The van der Waals surface area contributed by atoms with E-state index in [1.165, 1.54) is 22.3 Å². The van der Waals surface area contributed by atoms with Crippen LogP contribution in [0.2, 0.25) is 5.15 Å². The van der Waals surface area contributed by atoms with Crippen LogP contribution in [0.25, 0.3) is 0 Å². The first-order valence-electron chi connectivity index (χ1n) is 9.71. The Kier molecular flexibility index (Phi) is 4.06. The Morgan fingerprint density at radius 3 is 2.21 bits per heavy atom. The van der Waals surface area contributed by atoms with Crippen LogP contribution in [0.5, 0.6) is 0 Å². The number of amides is 1. The molecule has 3 aliphatic carbocycles. The SMILES string of the molecule is Cc1nn(C)c(Cl)c1C(=O)NCC1CC2c3ccccc3C1c1ccccc12. The van der Waals surface area contributed by atoms with Crippen LogP contribution in [0.3, 0.4) is 0 Å². The molecule has 3 aliphatic rings. The third kappa shape index (κ3) is 2.51. The van der Waals surface area contributed by atoms with Gasteiger partial charge in [0.2, 0.25) is 0 Å². The number of carbonyl (C=O) groups is 1. The molecule has 1 unspecified atom stereocenters. The van der Waals surface area contributed by atoms with Crippen LogP contribution >= 0.6 is 11.6 Å². The minimum atomic E-state index is -0.140. The van der Waals surface area contributed by atoms with Gasteiger partial charge in [0.15, 0.2) is 0 Å². The largest absolute Gasteiger partial charge is 0.352 e. The summed E-state index contributed by atoms with van der Waals surface area (Å²) >= 11 is 6.27. The number of hydrogen-bond donors (Lipinski definition) is 1. The molecule has 1 atom stereocenters. The van der Waals surface area contributed by atoms with Gasteiger partial charge in [0.25, 0.3) is 5.91 Å². The number of hydrogen-bond acceptors (Lipinski definition) is 2. The molecule has 3 aromatic rings. The second kappa shape index (κ2) is 6.49. The lowest BCUT2D eigenvalue weighted by atomic mass is 9.59. The minimum absolute atomic E-state index is 0.140. The van der Waals surface area contributed by atoms with Crippen LogP contribution in [0.4, 0.5) is 0 Å². The molecule has 1 aromatic heterocycles. The number of nitrogens with zero attached hydrogens (tertiary/aromatic N) is 2. The zero-order chi connectivity index (χ0) is 19.4. The van der Waals surface area contributed by atoms with Gasteiger partial charge in [-0.2, -0.15) is 5.10 Å². The fourth-order valence-electron chi connectivity index (χ4n) is 5.16. The van der Waals surface area contributed by atoms with E-state index in [-0.39, 0.29) is 5.91 Å². The molecule has 1 N–H and O–H groups in total. The normalized spacial score (nSPS) is 21.9. The van der Waals surface area contributed by atoms with Crippen molar-refractivity contribution in [2.75, 3.05) is 6.54 Å². The maximum absolute atomic E-state index is 12.8. The third-order valence-corrected chi connectivity index (χ3v) is 6.76. The highest BCUT2D eigenvalue weighted by Crippen LogP contribution is 2.55. The molecule has 1 amide bonds. The van der Waals surface area contributed by atoms with Crippen molar-refractivity contribution >= 4 is 17.5 Å². The van der Waals surface area contributed by atoms with Crippen LogP contribution in [0, 0.1) is 12.8 Å². The van der Waals surface area contributed by atoms with Crippen LogP contribution in [-0.4, -0.2) is 22.2 Å². The average molecular weight is 392 g/mol. The third-order valence-electron chi connectivity index (χ3n) is 6.33. The Balaban J connectivity index is 1.44. The summed E-state index contributed by atoms with van der Waals surface area (Å²) < 4.78 is 1.54. The standard InChI is InChI=1S/C23H22ClN3O/c1-13-20(22(24)27(2)26-13)23(28)25-12-14-11-19-15-7-3-5-9-17(15)21(14)18-10-6-4-8-16(18)19/h3-10,14,19,21H,11-12H2,1-2H3,(H,25,28). The van der Waals surface area contributed by atoms with Crippen molar-refractivity contribution in [3.8, 4) is 0 Å². The zero-order valence-corrected chi connectivity index (χ0v) is 16.7. The number of halogens is 1. The van der Waals surface area contributed by atoms with Gasteiger partial charge in [-0.3, -0.25) is 9.48 Å². The fraction of sp³-hybridized carbons (Fsp3) is 0.304. The first kappa shape index (κ1) is 17.5. The number of fused-ring (bicyclic) bond motifs is 1. The van der Waals surface area contributed by atoms with E-state index in [0.717, 1.165) is 6.42 Å². The molecule has 6 rings (SSSR count). The summed E-state index contributed by atoms with van der Waals surface area (Å²) in [5.74, 6) is 0.958. The maximum Gasteiger partial charge on any atom is 0.256 e. The van der Waals surface area contributed by atoms with Gasteiger partial charge in [0.1, 0.15) is 5.15 Å². The molecule has 0 saturated carbocycles. The van der Waals surface area contributed by atoms with E-state index < -0.39 is 0 Å². The molecule has 0 saturated heterocycles. The van der Waals surface area contributed by atoms with E-state index in [2.05, 4.69) is 58.9 Å². The molecule has 2 bridgehead atoms. The van der Waals surface area contributed by atoms with E-state index in [0.29, 0.717) is 40.7 Å². The van der Waals surface area contributed by atoms with Crippen molar-refractivity contribution in [1.82, 2.24) is 15.1 Å². The summed E-state index contributed by atoms with van der Waals surface area (Å²) in [6, 6.07) is 17.5. The average Bonchev–Trinajstić information content (AvgIpc) is 2.98. The lowest BCUT2D eigenvalue weighted by Gasteiger charge is -2.45. The Bertz CT molecular complexity index is 1040. The summed E-state index contributed by atoms with van der Waals surface area (Å²) in [5.41, 5.74) is 6.84. The molecule has 0 spiro atoms. The molecular formula is C23H22ClN3O. The Labute approximate surface area is 169 Å². The number of benzene rings is 2. The highest BCUT2D eigenvalue weighted by Gasteiger charge is 2.43. The van der Waals surface area contributed by atoms with Crippen molar-refractivity contribution in [2.45, 2.75) is 25.2 Å². The van der Waals surface area contributed by atoms with E-state index in [1.54, 1.807) is 11.7 Å². The Morgan fingerprint density at radius 2 is 1.68 bits per heavy atom. The zero-order valence-electron chi connectivity index (χ0n) is 15.9. The lowest BCUT2D eigenvalue weighted by molar-refractivity contribution is 0.0942. The van der Waals surface area contributed by atoms with Crippen molar-refractivity contribution in [3.63, 3.8) is 0 Å². The maximum atomic E-state index is 12.8. The van der Waals surface area contributed by atoms with Gasteiger partial charge in [-0.05, 0) is 41.5 Å². The highest BCUT2D eigenvalue weighted by molar-refractivity contribution is 6.33. The highest BCUT2D eigenvalue weighted by atomic mass is 35.5. The van der Waals surface area contributed by atoms with Gasteiger partial charge in [-0.15, -0.1) is 0 Å². The smallest absolute Gasteiger partial charge is 0.256 e. The predicted molar refractivity (Wildman–Crippen MR) is 110 cm³/mol. The molecule has 142 valence electrons. The molecule has 5 heteroatoms. The minimum Gasteiger partial charge on any atom is -0.352 e. The van der Waals surface area contributed by atoms with Gasteiger partial charge in [-0.1, -0.05) is 60.1 Å². The van der Waals surface area contributed by atoms with Gasteiger partial charge in [-0.25, -0.2) is 0 Å². The first-order valence-corrected chi connectivity index (χ1v) is 10.1.